The largest absolute Gasteiger partial charge is 0.462 e. The van der Waals surface area contributed by atoms with E-state index in [1.165, 1.54) is 0 Å². The van der Waals surface area contributed by atoms with Crippen LogP contribution in [0.4, 0.5) is 0 Å². The minimum atomic E-state index is -1.82. The van der Waals surface area contributed by atoms with E-state index in [4.69, 9.17) is 47.4 Å². The second-order valence-electron chi connectivity index (χ2n) is 19.4. The monoisotopic (exact) mass is 875 g/mol. The van der Waals surface area contributed by atoms with Crippen LogP contribution in [0.3, 0.4) is 0 Å². The predicted molar refractivity (Wildman–Crippen MR) is 227 cm³/mol. The van der Waals surface area contributed by atoms with E-state index in [1.807, 2.05) is 19.1 Å². The molecule has 5 fully saturated rings. The third kappa shape index (κ3) is 9.73. The van der Waals surface area contributed by atoms with Crippen LogP contribution in [-0.2, 0) is 52.2 Å². The van der Waals surface area contributed by atoms with Crippen molar-refractivity contribution >= 4 is 5.97 Å². The SMILES string of the molecule is CC[C@H](C)[C@H]1O[C@]2(CC[C@@H]1C)C[C@@H]1C[C@@H](C/C=C(/C)[C@@H](O[C@H]3C[C@H](OC)[C@@H](O[C@H]4C[C@H](OC)[C@@H](O)[C@H](C)O4)[C@H](C)O3)[C@@H](C)/C=C\C=C3\CO[C@@H]4[C@H](O)C(C)=C[C@@H](C(=O)O1)[C@]34O)O2. The highest BCUT2D eigenvalue weighted by Gasteiger charge is 2.60. The Kier molecular flexibility index (Phi) is 15.3. The van der Waals surface area contributed by atoms with Crippen LogP contribution in [0, 0.1) is 23.7 Å². The number of carbonyl (C=O) groups excluding carboxylic acids is 1. The summed E-state index contributed by atoms with van der Waals surface area (Å²) in [5, 5.41) is 34.2. The number of methoxy groups -OCH3 is 2. The van der Waals surface area contributed by atoms with E-state index in [9.17, 15) is 20.1 Å². The van der Waals surface area contributed by atoms with Gasteiger partial charge in [0.15, 0.2) is 18.4 Å². The zero-order valence-corrected chi connectivity index (χ0v) is 38.5. The molecule has 14 nitrogen and oxygen atoms in total. The second kappa shape index (κ2) is 19.8. The molecule has 0 aromatic rings. The maximum Gasteiger partial charge on any atom is 0.316 e. The maximum absolute atomic E-state index is 14.4. The normalized spacial score (nSPS) is 49.4. The fourth-order valence-corrected chi connectivity index (χ4v) is 11.0. The van der Waals surface area contributed by atoms with Crippen molar-refractivity contribution in [2.75, 3.05) is 20.8 Å². The molecule has 0 saturated carbocycles. The molecule has 62 heavy (non-hydrogen) atoms. The average Bonchev–Trinajstić information content (AvgIpc) is 3.58. The van der Waals surface area contributed by atoms with Crippen LogP contribution in [0.5, 0.6) is 0 Å². The molecule has 2 bridgehead atoms. The molecule has 5 saturated heterocycles. The molecule has 0 aromatic heterocycles. The van der Waals surface area contributed by atoms with Crippen molar-refractivity contribution in [3.8, 4) is 0 Å². The maximum atomic E-state index is 14.4. The zero-order chi connectivity index (χ0) is 44.7. The highest BCUT2D eigenvalue weighted by Crippen LogP contribution is 2.48. The van der Waals surface area contributed by atoms with Gasteiger partial charge in [-0.2, -0.15) is 0 Å². The molecule has 3 N–H and O–H groups in total. The lowest BCUT2D eigenvalue weighted by molar-refractivity contribution is -0.340. The summed E-state index contributed by atoms with van der Waals surface area (Å²) >= 11 is 0. The van der Waals surface area contributed by atoms with Crippen molar-refractivity contribution < 1.29 is 67.5 Å². The molecule has 7 rings (SSSR count). The highest BCUT2D eigenvalue weighted by molar-refractivity contribution is 5.78. The molecule has 0 unspecified atom stereocenters. The lowest BCUT2D eigenvalue weighted by Crippen LogP contribution is -2.58. The number of carbonyl (C=O) groups is 1. The van der Waals surface area contributed by atoms with Crippen molar-refractivity contribution in [3.63, 3.8) is 0 Å². The van der Waals surface area contributed by atoms with Crippen molar-refractivity contribution in [2.24, 2.45) is 23.7 Å². The molecule has 1 spiro atoms. The third-order valence-electron chi connectivity index (χ3n) is 14.9. The summed E-state index contributed by atoms with van der Waals surface area (Å²) in [5.41, 5.74) is 0.188. The van der Waals surface area contributed by atoms with E-state index in [1.54, 1.807) is 40.2 Å². The average molecular weight is 875 g/mol. The fraction of sp³-hybridized carbons (Fsp3) is 0.812. The quantitative estimate of drug-likeness (QED) is 0.204. The molecule has 0 aromatic carbocycles. The number of aliphatic hydroxyl groups excluding tert-OH is 2. The number of rotatable bonds is 8. The first-order chi connectivity index (χ1) is 29.5. The lowest BCUT2D eigenvalue weighted by atomic mass is 9.71. The molecule has 20 atom stereocenters. The van der Waals surface area contributed by atoms with Gasteiger partial charge in [-0.05, 0) is 69.1 Å². The summed E-state index contributed by atoms with van der Waals surface area (Å²) in [4.78, 5) is 14.4. The number of aliphatic hydroxyl groups is 3. The van der Waals surface area contributed by atoms with Crippen LogP contribution in [0.25, 0.3) is 0 Å². The van der Waals surface area contributed by atoms with Crippen LogP contribution in [0.1, 0.15) is 107 Å². The van der Waals surface area contributed by atoms with E-state index in [0.29, 0.717) is 61.5 Å². The predicted octanol–water partition coefficient (Wildman–Crippen LogP) is 5.60. The van der Waals surface area contributed by atoms with Crippen molar-refractivity contribution in [1.82, 2.24) is 0 Å². The minimum absolute atomic E-state index is 0.00708. The van der Waals surface area contributed by atoms with Crippen LogP contribution >= 0.6 is 0 Å². The Balaban J connectivity index is 1.18. The molecule has 14 heteroatoms. The first kappa shape index (κ1) is 47.9. The minimum Gasteiger partial charge on any atom is -0.462 e. The summed E-state index contributed by atoms with van der Waals surface area (Å²) in [5.74, 6) is -2.10. The number of allylic oxidation sites excluding steroid dienone is 2. The van der Waals surface area contributed by atoms with Crippen molar-refractivity contribution in [3.05, 3.63) is 47.1 Å². The number of esters is 1. The molecule has 0 radical (unpaired) electrons. The van der Waals surface area contributed by atoms with Gasteiger partial charge in [0.1, 0.15) is 42.0 Å². The van der Waals surface area contributed by atoms with Gasteiger partial charge in [0.05, 0.1) is 49.3 Å². The van der Waals surface area contributed by atoms with Gasteiger partial charge in [-0.3, -0.25) is 4.79 Å². The fourth-order valence-electron chi connectivity index (χ4n) is 11.0. The zero-order valence-electron chi connectivity index (χ0n) is 38.5. The Morgan fingerprint density at radius 2 is 1.63 bits per heavy atom. The van der Waals surface area contributed by atoms with E-state index in [-0.39, 0.29) is 30.8 Å². The Hall–Kier alpha value is -2.05. The summed E-state index contributed by atoms with van der Waals surface area (Å²) in [6, 6.07) is 0. The van der Waals surface area contributed by atoms with Gasteiger partial charge in [0, 0.05) is 52.2 Å². The van der Waals surface area contributed by atoms with Gasteiger partial charge in [0.2, 0.25) is 0 Å². The summed E-state index contributed by atoms with van der Waals surface area (Å²) in [7, 11) is 3.23. The standard InChI is InChI=1S/C48H74O14/c1-11-25(2)43-28(5)17-18-47(62-43)23-34-20-33(61-47)16-15-27(4)42(26(3)13-12-14-32-24-55-45-40(49)29(6)19-35(46(51)58-34)48(32,45)52)59-39-22-37(54-10)44(31(8)57-39)60-38-21-36(53-9)41(50)30(7)56-38/h12-15,19,25-26,28,30-31,33-45,49-50,52H,11,16-18,20-24H2,1-10H3/b13-12-,27-15-,32-14-/t25-,26-,28-,30-,31-,33+,34-,35-,36-,37-,38-,39-,40+,41-,42-,43+,44-,45+,47+,48+/m0/s1. The first-order valence-electron chi connectivity index (χ1n) is 23.2. The van der Waals surface area contributed by atoms with Crippen molar-refractivity contribution in [1.29, 1.82) is 0 Å². The number of ether oxygens (including phenoxy) is 10. The topological polar surface area (TPSA) is 170 Å². The number of hydrogen-bond donors (Lipinski definition) is 3. The van der Waals surface area contributed by atoms with Gasteiger partial charge < -0.3 is 62.7 Å². The first-order valence-corrected chi connectivity index (χ1v) is 23.2. The van der Waals surface area contributed by atoms with Gasteiger partial charge in [0.25, 0.3) is 0 Å². The lowest BCUT2D eigenvalue weighted by Gasteiger charge is -2.51. The Morgan fingerprint density at radius 1 is 0.919 bits per heavy atom. The molecule has 6 heterocycles. The van der Waals surface area contributed by atoms with Crippen LogP contribution < -0.4 is 0 Å². The Bertz CT molecular complexity index is 1680. The number of fused-ring (bicyclic) bond motifs is 2. The van der Waals surface area contributed by atoms with Crippen molar-refractivity contribution in [2.45, 2.75) is 204 Å². The van der Waals surface area contributed by atoms with Gasteiger partial charge >= 0.3 is 5.97 Å². The number of hydrogen-bond acceptors (Lipinski definition) is 14. The molecule has 7 aliphatic rings. The smallest absolute Gasteiger partial charge is 0.316 e. The molecular weight excluding hydrogens is 801 g/mol. The summed E-state index contributed by atoms with van der Waals surface area (Å²) in [6.45, 7) is 16.3. The van der Waals surface area contributed by atoms with Gasteiger partial charge in [-0.25, -0.2) is 0 Å². The van der Waals surface area contributed by atoms with Gasteiger partial charge in [-0.15, -0.1) is 0 Å². The third-order valence-corrected chi connectivity index (χ3v) is 14.9. The van der Waals surface area contributed by atoms with Gasteiger partial charge in [-0.1, -0.05) is 64.5 Å². The summed E-state index contributed by atoms with van der Waals surface area (Å²) in [6.07, 6.45) is 6.53. The van der Waals surface area contributed by atoms with E-state index in [0.717, 1.165) is 18.4 Å². The van der Waals surface area contributed by atoms with Crippen LogP contribution in [-0.4, -0.2) is 139 Å². The Labute approximate surface area is 368 Å². The molecule has 350 valence electrons. The highest BCUT2D eigenvalue weighted by atomic mass is 16.7. The summed E-state index contributed by atoms with van der Waals surface area (Å²) < 4.78 is 63.9. The molecule has 0 amide bonds. The van der Waals surface area contributed by atoms with E-state index in [2.05, 4.69) is 40.7 Å². The van der Waals surface area contributed by atoms with Crippen LogP contribution in [0.15, 0.2) is 47.1 Å². The molecule has 6 aliphatic heterocycles. The Morgan fingerprint density at radius 3 is 2.35 bits per heavy atom. The van der Waals surface area contributed by atoms with Crippen LogP contribution in [0.2, 0.25) is 0 Å². The molecule has 1 aliphatic carbocycles. The van der Waals surface area contributed by atoms with E-state index < -0.39 is 90.8 Å². The second-order valence-corrected chi connectivity index (χ2v) is 19.4. The van der Waals surface area contributed by atoms with E-state index >= 15 is 0 Å². The molecular formula is C48H74O14.